The molecule has 1 aliphatic rings. The number of benzene rings is 1. The second-order valence-corrected chi connectivity index (χ2v) is 4.93. The van der Waals surface area contributed by atoms with Crippen molar-refractivity contribution in [2.75, 3.05) is 18.5 Å². The Hall–Kier alpha value is -1.69. The highest BCUT2D eigenvalue weighted by atomic mass is 32.1. The van der Waals surface area contributed by atoms with Gasteiger partial charge in [0.05, 0.1) is 0 Å². The SMILES string of the molecule is CNC(=O)C1CCCN1c1ccc(F)cc1C(N)=S. The number of thiocarbonyl (C=S) groups is 1. The summed E-state index contributed by atoms with van der Waals surface area (Å²) in [6.07, 6.45) is 1.68. The molecule has 0 bridgehead atoms. The highest BCUT2D eigenvalue weighted by Gasteiger charge is 2.31. The van der Waals surface area contributed by atoms with E-state index in [-0.39, 0.29) is 22.8 Å². The fraction of sp³-hybridized carbons (Fsp3) is 0.385. The summed E-state index contributed by atoms with van der Waals surface area (Å²) in [4.78, 5) is 13.9. The lowest BCUT2D eigenvalue weighted by molar-refractivity contribution is -0.121. The van der Waals surface area contributed by atoms with E-state index in [2.05, 4.69) is 5.32 Å². The van der Waals surface area contributed by atoms with Crippen molar-refractivity contribution in [3.8, 4) is 0 Å². The molecule has 0 spiro atoms. The molecule has 19 heavy (non-hydrogen) atoms. The van der Waals surface area contributed by atoms with Crippen molar-refractivity contribution in [1.29, 1.82) is 0 Å². The van der Waals surface area contributed by atoms with E-state index in [0.29, 0.717) is 5.56 Å². The number of carbonyl (C=O) groups is 1. The van der Waals surface area contributed by atoms with Crippen molar-refractivity contribution >= 4 is 28.8 Å². The van der Waals surface area contributed by atoms with Crippen LogP contribution in [0.15, 0.2) is 18.2 Å². The molecule has 1 amide bonds. The predicted octanol–water partition coefficient (Wildman–Crippen LogP) is 1.17. The quantitative estimate of drug-likeness (QED) is 0.817. The number of rotatable bonds is 3. The van der Waals surface area contributed by atoms with Crippen molar-refractivity contribution in [3.63, 3.8) is 0 Å². The van der Waals surface area contributed by atoms with Crippen LogP contribution >= 0.6 is 12.2 Å². The van der Waals surface area contributed by atoms with Crippen LogP contribution in [0.4, 0.5) is 10.1 Å². The van der Waals surface area contributed by atoms with Gasteiger partial charge in [-0.3, -0.25) is 4.79 Å². The van der Waals surface area contributed by atoms with Gasteiger partial charge in [0.15, 0.2) is 0 Å². The number of anilines is 1. The normalized spacial score (nSPS) is 18.4. The van der Waals surface area contributed by atoms with Gasteiger partial charge in [-0.15, -0.1) is 0 Å². The van der Waals surface area contributed by atoms with E-state index in [0.717, 1.165) is 25.1 Å². The third kappa shape index (κ3) is 2.68. The fourth-order valence-electron chi connectivity index (χ4n) is 2.45. The van der Waals surface area contributed by atoms with Crippen molar-refractivity contribution < 1.29 is 9.18 Å². The van der Waals surface area contributed by atoms with Gasteiger partial charge in [0.25, 0.3) is 0 Å². The molecule has 0 radical (unpaired) electrons. The molecule has 1 aromatic rings. The van der Waals surface area contributed by atoms with Crippen LogP contribution in [0.2, 0.25) is 0 Å². The molecule has 0 aromatic heterocycles. The third-order valence-electron chi connectivity index (χ3n) is 3.34. The van der Waals surface area contributed by atoms with Crippen LogP contribution in [0.3, 0.4) is 0 Å². The molecule has 1 unspecified atom stereocenters. The van der Waals surface area contributed by atoms with E-state index < -0.39 is 0 Å². The molecule has 0 aliphatic carbocycles. The first-order valence-electron chi connectivity index (χ1n) is 6.12. The number of carbonyl (C=O) groups excluding carboxylic acids is 1. The number of nitrogens with one attached hydrogen (secondary N) is 1. The van der Waals surface area contributed by atoms with Gasteiger partial charge in [-0.25, -0.2) is 4.39 Å². The Morgan fingerprint density at radius 2 is 2.32 bits per heavy atom. The number of likely N-dealkylation sites (N-methyl/N-ethyl adjacent to an activating group) is 1. The molecule has 1 atom stereocenters. The number of amides is 1. The summed E-state index contributed by atoms with van der Waals surface area (Å²) < 4.78 is 13.3. The van der Waals surface area contributed by atoms with Crippen LogP contribution in [0, 0.1) is 5.82 Å². The van der Waals surface area contributed by atoms with Crippen LogP contribution in [0.1, 0.15) is 18.4 Å². The van der Waals surface area contributed by atoms with Crippen LogP contribution in [-0.2, 0) is 4.79 Å². The monoisotopic (exact) mass is 281 g/mol. The van der Waals surface area contributed by atoms with Crippen molar-refractivity contribution in [2.45, 2.75) is 18.9 Å². The smallest absolute Gasteiger partial charge is 0.242 e. The Balaban J connectivity index is 2.40. The summed E-state index contributed by atoms with van der Waals surface area (Å²) >= 11 is 4.96. The Morgan fingerprint density at radius 1 is 1.58 bits per heavy atom. The lowest BCUT2D eigenvalue weighted by Gasteiger charge is -2.27. The highest BCUT2D eigenvalue weighted by molar-refractivity contribution is 7.80. The predicted molar refractivity (Wildman–Crippen MR) is 76.7 cm³/mol. The van der Waals surface area contributed by atoms with E-state index in [1.165, 1.54) is 12.1 Å². The van der Waals surface area contributed by atoms with Crippen molar-refractivity contribution in [3.05, 3.63) is 29.6 Å². The van der Waals surface area contributed by atoms with E-state index in [1.54, 1.807) is 13.1 Å². The van der Waals surface area contributed by atoms with Crippen molar-refractivity contribution in [1.82, 2.24) is 5.32 Å². The lowest BCUT2D eigenvalue weighted by Crippen LogP contribution is -2.42. The second kappa shape index (κ2) is 5.52. The summed E-state index contributed by atoms with van der Waals surface area (Å²) in [6, 6.07) is 4.06. The number of nitrogens with zero attached hydrogens (tertiary/aromatic N) is 1. The first-order chi connectivity index (χ1) is 9.04. The molecular weight excluding hydrogens is 265 g/mol. The van der Waals surface area contributed by atoms with Gasteiger partial charge in [-0.1, -0.05) is 12.2 Å². The van der Waals surface area contributed by atoms with Gasteiger partial charge in [0.1, 0.15) is 16.8 Å². The average molecular weight is 281 g/mol. The summed E-state index contributed by atoms with van der Waals surface area (Å²) in [6.45, 7) is 0.735. The molecule has 3 N–H and O–H groups in total. The van der Waals surface area contributed by atoms with E-state index in [9.17, 15) is 9.18 Å². The van der Waals surface area contributed by atoms with Crippen LogP contribution in [-0.4, -0.2) is 30.5 Å². The van der Waals surface area contributed by atoms with Gasteiger partial charge in [0.2, 0.25) is 5.91 Å². The minimum Gasteiger partial charge on any atom is -0.389 e. The molecule has 1 heterocycles. The van der Waals surface area contributed by atoms with Crippen LogP contribution in [0.25, 0.3) is 0 Å². The zero-order valence-corrected chi connectivity index (χ0v) is 11.5. The Kier molecular flexibility index (Phi) is 3.99. The van der Waals surface area contributed by atoms with Gasteiger partial charge in [-0.05, 0) is 31.0 Å². The molecule has 102 valence electrons. The van der Waals surface area contributed by atoms with Gasteiger partial charge in [0, 0.05) is 24.8 Å². The Labute approximate surface area is 116 Å². The first kappa shape index (κ1) is 13.7. The van der Waals surface area contributed by atoms with Crippen LogP contribution < -0.4 is 16.0 Å². The zero-order valence-electron chi connectivity index (χ0n) is 10.6. The van der Waals surface area contributed by atoms with Gasteiger partial charge in [-0.2, -0.15) is 0 Å². The molecule has 1 fully saturated rings. The second-order valence-electron chi connectivity index (χ2n) is 4.49. The zero-order chi connectivity index (χ0) is 14.0. The number of halogens is 1. The summed E-state index contributed by atoms with van der Waals surface area (Å²) in [5.74, 6) is -0.432. The van der Waals surface area contributed by atoms with Crippen LogP contribution in [0.5, 0.6) is 0 Å². The fourth-order valence-corrected chi connectivity index (χ4v) is 2.61. The number of hydrogen-bond donors (Lipinski definition) is 2. The maximum absolute atomic E-state index is 13.3. The number of nitrogens with two attached hydrogens (primary N) is 1. The first-order valence-corrected chi connectivity index (χ1v) is 6.53. The van der Waals surface area contributed by atoms with Gasteiger partial charge >= 0.3 is 0 Å². The molecule has 6 heteroatoms. The summed E-state index contributed by atoms with van der Waals surface area (Å²) in [5, 5.41) is 2.65. The molecule has 4 nitrogen and oxygen atoms in total. The molecule has 2 rings (SSSR count). The van der Waals surface area contributed by atoms with Gasteiger partial charge < -0.3 is 16.0 Å². The average Bonchev–Trinajstić information content (AvgIpc) is 2.86. The lowest BCUT2D eigenvalue weighted by atomic mass is 10.1. The Morgan fingerprint density at radius 3 is 2.95 bits per heavy atom. The summed E-state index contributed by atoms with van der Waals surface area (Å²) in [5.41, 5.74) is 6.84. The Bertz CT molecular complexity index is 521. The maximum atomic E-state index is 13.3. The minimum absolute atomic E-state index is 0.0456. The maximum Gasteiger partial charge on any atom is 0.242 e. The molecule has 1 saturated heterocycles. The topological polar surface area (TPSA) is 58.4 Å². The minimum atomic E-state index is -0.387. The van der Waals surface area contributed by atoms with E-state index >= 15 is 0 Å². The largest absolute Gasteiger partial charge is 0.389 e. The van der Waals surface area contributed by atoms with E-state index in [1.807, 2.05) is 4.90 Å². The molecule has 1 aliphatic heterocycles. The molecular formula is C13H16FN3OS. The molecule has 1 aromatic carbocycles. The van der Waals surface area contributed by atoms with Crippen molar-refractivity contribution in [2.24, 2.45) is 5.73 Å². The molecule has 0 saturated carbocycles. The number of hydrogen-bond acceptors (Lipinski definition) is 3. The highest BCUT2D eigenvalue weighted by Crippen LogP contribution is 2.29. The van der Waals surface area contributed by atoms with E-state index in [4.69, 9.17) is 18.0 Å². The third-order valence-corrected chi connectivity index (χ3v) is 3.56. The summed E-state index contributed by atoms with van der Waals surface area (Å²) in [7, 11) is 1.61. The standard InChI is InChI=1S/C13H16FN3OS/c1-16-13(18)11-3-2-6-17(11)10-5-4-8(14)7-9(10)12(15)19/h4-5,7,11H,2-3,6H2,1H3,(H2,15,19)(H,16,18).